The third-order valence-corrected chi connectivity index (χ3v) is 7.00. The van der Waals surface area contributed by atoms with E-state index in [1.54, 1.807) is 42.5 Å². The highest BCUT2D eigenvalue weighted by atomic mass is 32.2. The van der Waals surface area contributed by atoms with Crippen LogP contribution >= 0.6 is 0 Å². The molecule has 0 aliphatic rings. The number of carbonyl (C=O) groups excluding carboxylic acids is 1. The molecule has 0 heterocycles. The van der Waals surface area contributed by atoms with E-state index in [-0.39, 0.29) is 10.6 Å². The number of sulfonamides is 1. The highest BCUT2D eigenvalue weighted by Crippen LogP contribution is 2.25. The van der Waals surface area contributed by atoms with Crippen molar-refractivity contribution in [1.82, 2.24) is 5.43 Å². The zero-order valence-corrected chi connectivity index (χ0v) is 18.5. The molecule has 4 aromatic carbocycles. The maximum atomic E-state index is 12.8. The molecular weight excluding hydrogens is 438 g/mol. The van der Waals surface area contributed by atoms with Crippen LogP contribution in [0.25, 0.3) is 10.8 Å². The molecule has 0 spiro atoms. The largest absolute Gasteiger partial charge is 0.507 e. The number of nitrogens with one attached hydrogen (secondary N) is 1. The monoisotopic (exact) mass is 459 g/mol. The first-order valence-electron chi connectivity index (χ1n) is 10.1. The highest BCUT2D eigenvalue weighted by Gasteiger charge is 2.21. The van der Waals surface area contributed by atoms with Crippen LogP contribution in [0.3, 0.4) is 0 Å². The number of anilines is 1. The lowest BCUT2D eigenvalue weighted by Gasteiger charge is -2.19. The predicted molar refractivity (Wildman–Crippen MR) is 129 cm³/mol. The van der Waals surface area contributed by atoms with Crippen molar-refractivity contribution in [3.05, 3.63) is 102 Å². The molecule has 0 saturated carbocycles. The third kappa shape index (κ3) is 4.56. The van der Waals surface area contributed by atoms with Crippen LogP contribution in [0, 0.1) is 0 Å². The number of nitrogens with zero attached hydrogens (tertiary/aromatic N) is 2. The number of amides is 1. The van der Waals surface area contributed by atoms with Crippen molar-refractivity contribution < 1.29 is 18.3 Å². The second kappa shape index (κ2) is 9.13. The van der Waals surface area contributed by atoms with Gasteiger partial charge in [0.1, 0.15) is 5.75 Å². The molecule has 0 bridgehead atoms. The van der Waals surface area contributed by atoms with E-state index < -0.39 is 15.9 Å². The Balaban J connectivity index is 1.48. The van der Waals surface area contributed by atoms with E-state index in [0.29, 0.717) is 16.8 Å². The molecule has 0 saturated heterocycles. The molecule has 0 aromatic heterocycles. The smallest absolute Gasteiger partial charge is 0.271 e. The van der Waals surface area contributed by atoms with Crippen molar-refractivity contribution in [3.8, 4) is 5.75 Å². The summed E-state index contributed by atoms with van der Waals surface area (Å²) >= 11 is 0. The summed E-state index contributed by atoms with van der Waals surface area (Å²) in [6, 6.07) is 25.2. The molecule has 166 valence electrons. The van der Waals surface area contributed by atoms with Crippen LogP contribution in [0.1, 0.15) is 15.9 Å². The Morgan fingerprint density at radius 1 is 0.909 bits per heavy atom. The minimum absolute atomic E-state index is 0.0544. The number of aromatic hydroxyl groups is 1. The SMILES string of the molecule is CN(c1ccc(C(=O)N/N=C\c2c(O)ccc3ccccc23)cc1)S(=O)(=O)c1ccccc1. The van der Waals surface area contributed by atoms with Crippen LogP contribution in [0.4, 0.5) is 5.69 Å². The normalized spacial score (nSPS) is 11.5. The average Bonchev–Trinajstić information content (AvgIpc) is 2.85. The molecule has 4 aromatic rings. The molecule has 4 rings (SSSR count). The van der Waals surface area contributed by atoms with Gasteiger partial charge in [-0.2, -0.15) is 5.10 Å². The number of phenols is 1. The molecule has 33 heavy (non-hydrogen) atoms. The number of carbonyl (C=O) groups is 1. The van der Waals surface area contributed by atoms with Crippen molar-refractivity contribution in [2.75, 3.05) is 11.4 Å². The van der Waals surface area contributed by atoms with Gasteiger partial charge >= 0.3 is 0 Å². The van der Waals surface area contributed by atoms with Crippen LogP contribution in [0.5, 0.6) is 5.75 Å². The van der Waals surface area contributed by atoms with Crippen molar-refractivity contribution in [3.63, 3.8) is 0 Å². The zero-order chi connectivity index (χ0) is 23.4. The molecule has 8 heteroatoms. The summed E-state index contributed by atoms with van der Waals surface area (Å²) in [4.78, 5) is 12.6. The van der Waals surface area contributed by atoms with Gasteiger partial charge in [-0.1, -0.05) is 48.5 Å². The van der Waals surface area contributed by atoms with Crippen LogP contribution in [-0.2, 0) is 10.0 Å². The Morgan fingerprint density at radius 3 is 2.30 bits per heavy atom. The Morgan fingerprint density at radius 2 is 1.58 bits per heavy atom. The second-order valence-electron chi connectivity index (χ2n) is 7.25. The van der Waals surface area contributed by atoms with Gasteiger partial charge in [-0.15, -0.1) is 0 Å². The Kier molecular flexibility index (Phi) is 6.10. The van der Waals surface area contributed by atoms with Gasteiger partial charge in [0.15, 0.2) is 0 Å². The molecule has 0 aliphatic carbocycles. The second-order valence-corrected chi connectivity index (χ2v) is 9.22. The van der Waals surface area contributed by atoms with Gasteiger partial charge in [-0.3, -0.25) is 9.10 Å². The number of phenolic OH excluding ortho intramolecular Hbond substituents is 1. The summed E-state index contributed by atoms with van der Waals surface area (Å²) < 4.78 is 26.7. The van der Waals surface area contributed by atoms with Crippen molar-refractivity contribution >= 4 is 38.6 Å². The Bertz CT molecular complexity index is 1430. The van der Waals surface area contributed by atoms with Crippen LogP contribution in [0.15, 0.2) is 101 Å². The van der Waals surface area contributed by atoms with Gasteiger partial charge < -0.3 is 5.11 Å². The summed E-state index contributed by atoms with van der Waals surface area (Å²) in [7, 11) is -2.25. The lowest BCUT2D eigenvalue weighted by Crippen LogP contribution is -2.26. The first-order chi connectivity index (χ1) is 15.9. The number of rotatable bonds is 6. The number of hydrazone groups is 1. The fourth-order valence-electron chi connectivity index (χ4n) is 3.35. The first-order valence-corrected chi connectivity index (χ1v) is 11.5. The fourth-order valence-corrected chi connectivity index (χ4v) is 4.57. The van der Waals surface area contributed by atoms with E-state index in [0.717, 1.165) is 15.1 Å². The molecule has 0 atom stereocenters. The third-order valence-electron chi connectivity index (χ3n) is 5.20. The molecule has 7 nitrogen and oxygen atoms in total. The molecule has 1 amide bonds. The summed E-state index contributed by atoms with van der Waals surface area (Å²) in [6.45, 7) is 0. The lowest BCUT2D eigenvalue weighted by atomic mass is 10.0. The fraction of sp³-hybridized carbons (Fsp3) is 0.0400. The standard InChI is InChI=1S/C25H21N3O4S/c1-28(33(31,32)21-8-3-2-4-9-21)20-14-11-19(12-15-20)25(30)27-26-17-23-22-10-6-5-7-18(22)13-16-24(23)29/h2-17,29H,1H3,(H,27,30)/b26-17-. The maximum Gasteiger partial charge on any atom is 0.271 e. The van der Waals surface area contributed by atoms with Crippen LogP contribution in [-0.4, -0.2) is 32.7 Å². The molecule has 0 radical (unpaired) electrons. The van der Waals surface area contributed by atoms with E-state index in [1.165, 1.54) is 37.5 Å². The quantitative estimate of drug-likeness (QED) is 0.334. The van der Waals surface area contributed by atoms with Crippen LogP contribution < -0.4 is 9.73 Å². The number of benzene rings is 4. The maximum absolute atomic E-state index is 12.8. The highest BCUT2D eigenvalue weighted by molar-refractivity contribution is 7.92. The van der Waals surface area contributed by atoms with Crippen LogP contribution in [0.2, 0.25) is 0 Å². The molecule has 0 unspecified atom stereocenters. The van der Waals surface area contributed by atoms with Crippen molar-refractivity contribution in [2.45, 2.75) is 4.90 Å². The van der Waals surface area contributed by atoms with Gasteiger partial charge in [-0.05, 0) is 53.2 Å². The van der Waals surface area contributed by atoms with E-state index in [2.05, 4.69) is 10.5 Å². The number of hydrogen-bond donors (Lipinski definition) is 2. The molecule has 0 fully saturated rings. The van der Waals surface area contributed by atoms with E-state index in [4.69, 9.17) is 0 Å². The van der Waals surface area contributed by atoms with E-state index in [1.807, 2.05) is 24.3 Å². The van der Waals surface area contributed by atoms with Gasteiger partial charge in [0.25, 0.3) is 15.9 Å². The predicted octanol–water partition coefficient (Wildman–Crippen LogP) is 4.13. The lowest BCUT2D eigenvalue weighted by molar-refractivity contribution is 0.0955. The summed E-state index contributed by atoms with van der Waals surface area (Å²) in [5, 5.41) is 15.9. The summed E-state index contributed by atoms with van der Waals surface area (Å²) in [5.74, 6) is -0.412. The average molecular weight is 460 g/mol. The molecule has 2 N–H and O–H groups in total. The Labute approximate surface area is 191 Å². The molecular formula is C25H21N3O4S. The topological polar surface area (TPSA) is 99.1 Å². The van der Waals surface area contributed by atoms with E-state index >= 15 is 0 Å². The van der Waals surface area contributed by atoms with Gasteiger partial charge in [0.05, 0.1) is 16.8 Å². The summed E-state index contributed by atoms with van der Waals surface area (Å²) in [6.07, 6.45) is 1.39. The molecule has 0 aliphatic heterocycles. The van der Waals surface area contributed by atoms with Gasteiger partial charge in [0.2, 0.25) is 0 Å². The Hall–Kier alpha value is -4.17. The van der Waals surface area contributed by atoms with Crippen molar-refractivity contribution in [2.24, 2.45) is 5.10 Å². The summed E-state index contributed by atoms with van der Waals surface area (Å²) in [5.41, 5.74) is 3.65. The minimum atomic E-state index is -3.71. The van der Waals surface area contributed by atoms with E-state index in [9.17, 15) is 18.3 Å². The van der Waals surface area contributed by atoms with Crippen molar-refractivity contribution in [1.29, 1.82) is 0 Å². The van der Waals surface area contributed by atoms with Gasteiger partial charge in [0, 0.05) is 18.2 Å². The zero-order valence-electron chi connectivity index (χ0n) is 17.7. The minimum Gasteiger partial charge on any atom is -0.507 e. The number of hydrogen-bond acceptors (Lipinski definition) is 5. The number of fused-ring (bicyclic) bond motifs is 1. The van der Waals surface area contributed by atoms with Gasteiger partial charge in [-0.25, -0.2) is 13.8 Å². The first kappa shape index (κ1) is 22.0.